The van der Waals surface area contributed by atoms with Crippen molar-refractivity contribution >= 4 is 55.2 Å². The molecule has 0 radical (unpaired) electrons. The molecule has 0 aliphatic carbocycles. The highest BCUT2D eigenvalue weighted by molar-refractivity contribution is 9.10. The Morgan fingerprint density at radius 2 is 1.97 bits per heavy atom. The van der Waals surface area contributed by atoms with Crippen LogP contribution in [0, 0.1) is 0 Å². The first-order chi connectivity index (χ1) is 14.2. The Labute approximate surface area is 182 Å². The maximum atomic E-state index is 6.42. The lowest BCUT2D eigenvalue weighted by Crippen LogP contribution is -2.36. The van der Waals surface area contributed by atoms with Crippen LogP contribution in [0.4, 0.5) is 5.69 Å². The van der Waals surface area contributed by atoms with E-state index >= 15 is 0 Å². The Bertz CT molecular complexity index is 1220. The van der Waals surface area contributed by atoms with Gasteiger partial charge in [0, 0.05) is 41.3 Å². The molecular weight excluding hydrogens is 452 g/mol. The molecule has 0 unspecified atom stereocenters. The van der Waals surface area contributed by atoms with Gasteiger partial charge in [0.1, 0.15) is 11.3 Å². The summed E-state index contributed by atoms with van der Waals surface area (Å²) >= 11 is 10.2. The number of benzene rings is 2. The molecule has 2 aromatic carbocycles. The molecule has 2 aromatic heterocycles. The third-order valence-corrected chi connectivity index (χ3v) is 6.31. The predicted octanol–water partition coefficient (Wildman–Crippen LogP) is 5.39. The van der Waals surface area contributed by atoms with Gasteiger partial charge in [-0.05, 0) is 40.2 Å². The van der Waals surface area contributed by atoms with Gasteiger partial charge < -0.3 is 9.64 Å². The Balaban J connectivity index is 1.79. The zero-order chi connectivity index (χ0) is 20.0. The summed E-state index contributed by atoms with van der Waals surface area (Å²) in [6.07, 6.45) is 2.63. The molecule has 29 heavy (non-hydrogen) atoms. The maximum Gasteiger partial charge on any atom is 0.114 e. The Hall–Kier alpha value is -2.15. The lowest BCUT2D eigenvalue weighted by molar-refractivity contribution is 0.122. The number of halogens is 2. The van der Waals surface area contributed by atoms with Crippen molar-refractivity contribution in [2.45, 2.75) is 13.3 Å². The second kappa shape index (κ2) is 7.59. The minimum Gasteiger partial charge on any atom is -0.378 e. The van der Waals surface area contributed by atoms with Gasteiger partial charge in [0.15, 0.2) is 0 Å². The van der Waals surface area contributed by atoms with E-state index in [1.807, 2.05) is 24.4 Å². The highest BCUT2D eigenvalue weighted by atomic mass is 79.9. The van der Waals surface area contributed by atoms with Gasteiger partial charge in [-0.1, -0.05) is 30.7 Å². The molecule has 7 heteroatoms. The van der Waals surface area contributed by atoms with Gasteiger partial charge in [0.25, 0.3) is 0 Å². The molecule has 0 amide bonds. The quantitative estimate of drug-likeness (QED) is 0.402. The Morgan fingerprint density at radius 3 is 2.76 bits per heavy atom. The van der Waals surface area contributed by atoms with Crippen LogP contribution in [0.3, 0.4) is 0 Å². The first-order valence-electron chi connectivity index (χ1n) is 9.74. The molecule has 1 aliphatic heterocycles. The summed E-state index contributed by atoms with van der Waals surface area (Å²) in [6.45, 7) is 5.41. The molecule has 0 atom stereocenters. The Kier molecular flexibility index (Phi) is 4.94. The van der Waals surface area contributed by atoms with Gasteiger partial charge in [-0.25, -0.2) is 4.98 Å². The molecular formula is C22H20BrClN4O. The summed E-state index contributed by atoms with van der Waals surface area (Å²) in [4.78, 5) is 11.8. The zero-order valence-electron chi connectivity index (χ0n) is 16.0. The van der Waals surface area contributed by atoms with Crippen LogP contribution >= 0.6 is 27.5 Å². The fourth-order valence-electron chi connectivity index (χ4n) is 4.00. The summed E-state index contributed by atoms with van der Waals surface area (Å²) in [5.41, 5.74) is 5.06. The van der Waals surface area contributed by atoms with Crippen LogP contribution in [0.5, 0.6) is 0 Å². The summed E-state index contributed by atoms with van der Waals surface area (Å²) < 4.78 is 8.76. The molecule has 0 bridgehead atoms. The lowest BCUT2D eigenvalue weighted by atomic mass is 10.1. The molecule has 148 valence electrons. The molecule has 1 saturated heterocycles. The van der Waals surface area contributed by atoms with E-state index in [1.165, 1.54) is 5.69 Å². The number of aromatic nitrogens is 3. The number of pyridine rings is 1. The zero-order valence-corrected chi connectivity index (χ0v) is 18.4. The number of morpholine rings is 1. The molecule has 5 rings (SSSR count). The molecule has 1 fully saturated rings. The van der Waals surface area contributed by atoms with Gasteiger partial charge in [-0.2, -0.15) is 0 Å². The van der Waals surface area contributed by atoms with Gasteiger partial charge in [-0.15, -0.1) is 0 Å². The number of rotatable bonds is 3. The maximum absolute atomic E-state index is 6.42. The van der Waals surface area contributed by atoms with Crippen molar-refractivity contribution < 1.29 is 4.74 Å². The highest BCUT2D eigenvalue weighted by Crippen LogP contribution is 2.35. The Morgan fingerprint density at radius 1 is 1.14 bits per heavy atom. The minimum absolute atomic E-state index is 0.655. The van der Waals surface area contributed by atoms with Crippen LogP contribution in [-0.4, -0.2) is 40.8 Å². The highest BCUT2D eigenvalue weighted by Gasteiger charge is 2.19. The summed E-state index contributed by atoms with van der Waals surface area (Å²) in [6, 6.07) is 12.3. The molecule has 3 heterocycles. The smallest absolute Gasteiger partial charge is 0.114 e. The van der Waals surface area contributed by atoms with Gasteiger partial charge >= 0.3 is 0 Å². The second-order valence-corrected chi connectivity index (χ2v) is 8.34. The number of aryl methyl sites for hydroxylation is 1. The average molecular weight is 472 g/mol. The van der Waals surface area contributed by atoms with Gasteiger partial charge in [0.05, 0.1) is 35.0 Å². The number of hydrogen-bond donors (Lipinski definition) is 0. The lowest BCUT2D eigenvalue weighted by Gasteiger charge is -2.29. The van der Waals surface area contributed by atoms with E-state index in [9.17, 15) is 0 Å². The number of ether oxygens (including phenoxy) is 1. The normalized spacial score (nSPS) is 14.8. The van der Waals surface area contributed by atoms with Crippen LogP contribution < -0.4 is 4.90 Å². The fourth-order valence-corrected chi connectivity index (χ4v) is 4.75. The SMILES string of the molecule is CCc1nc2c(Br)cc(N3CCOCC3)cc2n1-c1ccnc2c(Cl)cccc12. The number of fused-ring (bicyclic) bond motifs is 2. The summed E-state index contributed by atoms with van der Waals surface area (Å²) in [5, 5.41) is 1.67. The van der Waals surface area contributed by atoms with Crippen LogP contribution in [-0.2, 0) is 11.2 Å². The minimum atomic E-state index is 0.655. The van der Waals surface area contributed by atoms with Crippen molar-refractivity contribution in [3.05, 3.63) is 57.9 Å². The van der Waals surface area contributed by atoms with E-state index in [0.717, 1.165) is 70.6 Å². The molecule has 0 saturated carbocycles. The number of nitrogens with zero attached hydrogens (tertiary/aromatic N) is 4. The molecule has 1 aliphatic rings. The first kappa shape index (κ1) is 18.9. The van der Waals surface area contributed by atoms with Crippen molar-refractivity contribution in [1.29, 1.82) is 0 Å². The molecule has 5 nitrogen and oxygen atoms in total. The first-order valence-corrected chi connectivity index (χ1v) is 10.9. The van der Waals surface area contributed by atoms with Crippen LogP contribution in [0.25, 0.3) is 27.6 Å². The fraction of sp³-hybridized carbons (Fsp3) is 0.273. The van der Waals surface area contributed by atoms with Crippen molar-refractivity contribution in [3.8, 4) is 5.69 Å². The monoisotopic (exact) mass is 470 g/mol. The summed E-state index contributed by atoms with van der Waals surface area (Å²) in [7, 11) is 0. The van der Waals surface area contributed by atoms with Crippen LogP contribution in [0.1, 0.15) is 12.7 Å². The van der Waals surface area contributed by atoms with E-state index in [2.05, 4.69) is 55.5 Å². The van der Waals surface area contributed by atoms with Crippen LogP contribution in [0.2, 0.25) is 5.02 Å². The number of anilines is 1. The van der Waals surface area contributed by atoms with E-state index < -0.39 is 0 Å². The van der Waals surface area contributed by atoms with Crippen molar-refractivity contribution in [1.82, 2.24) is 14.5 Å². The average Bonchev–Trinajstić information content (AvgIpc) is 3.13. The molecule has 0 spiro atoms. The summed E-state index contributed by atoms with van der Waals surface area (Å²) in [5.74, 6) is 1.01. The number of hydrogen-bond acceptors (Lipinski definition) is 4. The van der Waals surface area contributed by atoms with Crippen molar-refractivity contribution in [2.24, 2.45) is 0 Å². The molecule has 4 aromatic rings. The third-order valence-electron chi connectivity index (χ3n) is 5.40. The van der Waals surface area contributed by atoms with E-state index in [-0.39, 0.29) is 0 Å². The van der Waals surface area contributed by atoms with Crippen LogP contribution in [0.15, 0.2) is 47.1 Å². The third kappa shape index (κ3) is 3.19. The molecule has 0 N–H and O–H groups in total. The van der Waals surface area contributed by atoms with E-state index in [1.54, 1.807) is 0 Å². The standard InChI is InChI=1S/C22H20BrClN4O/c1-2-20-26-22-16(23)12-14(27-8-10-29-11-9-27)13-19(22)28(20)18-6-7-25-21-15(18)4-3-5-17(21)24/h3-7,12-13H,2,8-11H2,1H3. The number of para-hydroxylation sites is 1. The van der Waals surface area contributed by atoms with Crippen molar-refractivity contribution in [3.63, 3.8) is 0 Å². The second-order valence-electron chi connectivity index (χ2n) is 7.08. The van der Waals surface area contributed by atoms with Gasteiger partial charge in [-0.3, -0.25) is 9.55 Å². The topological polar surface area (TPSA) is 43.2 Å². The van der Waals surface area contributed by atoms with Gasteiger partial charge in [0.2, 0.25) is 0 Å². The van der Waals surface area contributed by atoms with Crippen molar-refractivity contribution in [2.75, 3.05) is 31.2 Å². The largest absolute Gasteiger partial charge is 0.378 e. The van der Waals surface area contributed by atoms with E-state index in [0.29, 0.717) is 5.02 Å². The van der Waals surface area contributed by atoms with E-state index in [4.69, 9.17) is 21.3 Å². The number of imidazole rings is 1. The predicted molar refractivity (Wildman–Crippen MR) is 121 cm³/mol.